The molecule has 0 saturated carbocycles. The highest BCUT2D eigenvalue weighted by atomic mass is 14.0. The fourth-order valence-electron chi connectivity index (χ4n) is 2.49. The van der Waals surface area contributed by atoms with E-state index in [1.54, 1.807) is 0 Å². The van der Waals surface area contributed by atoms with Crippen LogP contribution in [0.4, 0.5) is 0 Å². The van der Waals surface area contributed by atoms with E-state index in [1.807, 2.05) is 6.08 Å². The molecule has 0 aromatic carbocycles. The summed E-state index contributed by atoms with van der Waals surface area (Å²) in [5, 5.41) is 0. The number of hydrogen-bond acceptors (Lipinski definition) is 0. The molecule has 0 aliphatic heterocycles. The topological polar surface area (TPSA) is 0 Å². The molecule has 20 heavy (non-hydrogen) atoms. The highest BCUT2D eigenvalue weighted by Crippen LogP contribution is 2.12. The van der Waals surface area contributed by atoms with Crippen molar-refractivity contribution in [3.05, 3.63) is 31.2 Å². The molecule has 0 nitrogen and oxygen atoms in total. The van der Waals surface area contributed by atoms with Crippen molar-refractivity contribution in [3.8, 4) is 0 Å². The lowest BCUT2D eigenvalue weighted by molar-refractivity contribution is 0.573. The monoisotopic (exact) mass is 277 g/mol. The van der Waals surface area contributed by atoms with Crippen molar-refractivity contribution >= 4 is 0 Å². The first-order valence-electron chi connectivity index (χ1n) is 9.01. The lowest BCUT2D eigenvalue weighted by atomic mass is 10.0. The van der Waals surface area contributed by atoms with Crippen molar-refractivity contribution < 1.29 is 0 Å². The van der Waals surface area contributed by atoms with Gasteiger partial charge in [-0.25, -0.2) is 0 Å². The van der Waals surface area contributed by atoms with Crippen LogP contribution in [0.1, 0.15) is 96.8 Å². The molecule has 0 heterocycles. The highest BCUT2D eigenvalue weighted by molar-refractivity contribution is 4.96. The number of hydrogen-bond donors (Lipinski definition) is 0. The molecule has 0 unspecified atom stereocenters. The summed E-state index contributed by atoms with van der Waals surface area (Å²) in [5.41, 5.74) is 0. The Bertz CT molecular complexity index is 202. The van der Waals surface area contributed by atoms with E-state index in [4.69, 9.17) is 0 Å². The second-order valence-corrected chi connectivity index (χ2v) is 5.85. The highest BCUT2D eigenvalue weighted by Gasteiger charge is 1.93. The Labute approximate surface area is 128 Å². The number of allylic oxidation sites excluding steroid dienone is 3. The molecule has 0 aromatic rings. The van der Waals surface area contributed by atoms with Crippen LogP contribution in [0.5, 0.6) is 0 Å². The lowest BCUT2D eigenvalue weighted by Crippen LogP contribution is -1.83. The van der Waals surface area contributed by atoms with Crippen LogP contribution >= 0.6 is 0 Å². The largest absolute Gasteiger partial charge is 0.0991 e. The molecule has 0 heteroatoms. The molecule has 0 rings (SSSR count). The van der Waals surface area contributed by atoms with Gasteiger partial charge in [-0.3, -0.25) is 0 Å². The molecule has 0 amide bonds. The van der Waals surface area contributed by atoms with Crippen LogP contribution in [0.25, 0.3) is 0 Å². The first kappa shape index (κ1) is 19.5. The standard InChI is InChI=1S/C20H37/c1-3-5-7-9-11-13-15-17-19-20-18-16-14-12-10-8-6-4-2/h3,5,7,14H,1,4,6,8-13,15-20H2,2H3. The predicted molar refractivity (Wildman–Crippen MR) is 93.9 cm³/mol. The van der Waals surface area contributed by atoms with E-state index in [9.17, 15) is 0 Å². The molecule has 0 aliphatic rings. The summed E-state index contributed by atoms with van der Waals surface area (Å²) in [4.78, 5) is 0. The van der Waals surface area contributed by atoms with Crippen molar-refractivity contribution in [1.29, 1.82) is 0 Å². The van der Waals surface area contributed by atoms with Gasteiger partial charge < -0.3 is 0 Å². The van der Waals surface area contributed by atoms with Gasteiger partial charge in [-0.1, -0.05) is 109 Å². The van der Waals surface area contributed by atoms with Crippen molar-refractivity contribution in [2.45, 2.75) is 96.8 Å². The van der Waals surface area contributed by atoms with Gasteiger partial charge in [0, 0.05) is 0 Å². The van der Waals surface area contributed by atoms with Crippen LogP contribution in [0.2, 0.25) is 0 Å². The minimum absolute atomic E-state index is 1.22. The van der Waals surface area contributed by atoms with Gasteiger partial charge in [-0.2, -0.15) is 0 Å². The molecule has 1 radical (unpaired) electrons. The first-order valence-corrected chi connectivity index (χ1v) is 9.01. The Morgan fingerprint density at radius 3 is 1.70 bits per heavy atom. The Hall–Kier alpha value is -0.520. The second kappa shape index (κ2) is 18.5. The summed E-state index contributed by atoms with van der Waals surface area (Å²) >= 11 is 0. The Kier molecular flexibility index (Phi) is 18.0. The summed E-state index contributed by atoms with van der Waals surface area (Å²) in [5.74, 6) is 0. The Balaban J connectivity index is 2.95. The minimum Gasteiger partial charge on any atom is -0.0991 e. The van der Waals surface area contributed by atoms with Crippen LogP contribution in [0.3, 0.4) is 0 Å². The fraction of sp³-hybridized carbons (Fsp3) is 0.750. The van der Waals surface area contributed by atoms with Crippen LogP contribution < -0.4 is 0 Å². The van der Waals surface area contributed by atoms with Crippen LogP contribution in [-0.2, 0) is 0 Å². The van der Waals surface area contributed by atoms with Crippen molar-refractivity contribution in [2.24, 2.45) is 0 Å². The van der Waals surface area contributed by atoms with E-state index < -0.39 is 0 Å². The molecule has 0 fully saturated rings. The van der Waals surface area contributed by atoms with Crippen molar-refractivity contribution in [1.82, 2.24) is 0 Å². The van der Waals surface area contributed by atoms with Gasteiger partial charge in [0.1, 0.15) is 0 Å². The van der Waals surface area contributed by atoms with Gasteiger partial charge in [-0.05, 0) is 19.3 Å². The lowest BCUT2D eigenvalue weighted by Gasteiger charge is -2.02. The van der Waals surface area contributed by atoms with Crippen LogP contribution in [0, 0.1) is 6.42 Å². The second-order valence-electron chi connectivity index (χ2n) is 5.85. The molecule has 0 bridgehead atoms. The van der Waals surface area contributed by atoms with E-state index in [-0.39, 0.29) is 0 Å². The van der Waals surface area contributed by atoms with E-state index in [0.29, 0.717) is 0 Å². The average molecular weight is 278 g/mol. The third-order valence-corrected chi connectivity index (χ3v) is 3.81. The molecule has 117 valence electrons. The SMILES string of the molecule is C=CC=CCCCCCCCCC[CH]CCCCCC. The fourth-order valence-corrected chi connectivity index (χ4v) is 2.49. The van der Waals surface area contributed by atoms with Crippen molar-refractivity contribution in [3.63, 3.8) is 0 Å². The predicted octanol–water partition coefficient (Wildman–Crippen LogP) is 7.41. The molecule has 0 spiro atoms. The van der Waals surface area contributed by atoms with Gasteiger partial charge in [0.05, 0.1) is 0 Å². The smallest absolute Gasteiger partial charge is 0.0348 e. The first-order chi connectivity index (χ1) is 9.91. The van der Waals surface area contributed by atoms with Gasteiger partial charge in [0.2, 0.25) is 0 Å². The molecule has 0 aromatic heterocycles. The van der Waals surface area contributed by atoms with E-state index >= 15 is 0 Å². The summed E-state index contributed by atoms with van der Waals surface area (Å²) in [7, 11) is 0. The van der Waals surface area contributed by atoms with Crippen LogP contribution in [-0.4, -0.2) is 0 Å². The van der Waals surface area contributed by atoms with Gasteiger partial charge >= 0.3 is 0 Å². The summed E-state index contributed by atoms with van der Waals surface area (Å²) < 4.78 is 0. The zero-order chi connectivity index (χ0) is 14.7. The maximum Gasteiger partial charge on any atom is -0.0348 e. The third-order valence-electron chi connectivity index (χ3n) is 3.81. The minimum atomic E-state index is 1.22. The number of rotatable bonds is 16. The molecule has 0 aliphatic carbocycles. The zero-order valence-electron chi connectivity index (χ0n) is 13.9. The van der Waals surface area contributed by atoms with Gasteiger partial charge in [-0.15, -0.1) is 0 Å². The number of unbranched alkanes of at least 4 members (excludes halogenated alkanes) is 14. The van der Waals surface area contributed by atoms with Gasteiger partial charge in [0.15, 0.2) is 0 Å². The molecule has 0 N–H and O–H groups in total. The molecular weight excluding hydrogens is 240 g/mol. The van der Waals surface area contributed by atoms with Gasteiger partial charge in [0.25, 0.3) is 0 Å². The van der Waals surface area contributed by atoms with E-state index in [1.165, 1.54) is 89.9 Å². The zero-order valence-corrected chi connectivity index (χ0v) is 13.9. The Morgan fingerprint density at radius 1 is 0.650 bits per heavy atom. The van der Waals surface area contributed by atoms with E-state index in [0.717, 1.165) is 0 Å². The normalized spacial score (nSPS) is 11.2. The maximum atomic E-state index is 3.68. The Morgan fingerprint density at radius 2 is 1.15 bits per heavy atom. The summed E-state index contributed by atoms with van der Waals surface area (Å²) in [6, 6.07) is 0. The maximum absolute atomic E-state index is 3.68. The summed E-state index contributed by atoms with van der Waals surface area (Å²) in [6.45, 7) is 5.96. The van der Waals surface area contributed by atoms with E-state index in [2.05, 4.69) is 32.1 Å². The quantitative estimate of drug-likeness (QED) is 0.203. The van der Waals surface area contributed by atoms with Crippen LogP contribution in [0.15, 0.2) is 24.8 Å². The average Bonchev–Trinajstić information content (AvgIpc) is 2.47. The van der Waals surface area contributed by atoms with Crippen molar-refractivity contribution in [2.75, 3.05) is 0 Å². The molecule has 0 saturated heterocycles. The molecule has 0 atom stereocenters. The third kappa shape index (κ3) is 17.5. The molecular formula is C20H37. The summed E-state index contributed by atoms with van der Waals surface area (Å²) in [6.07, 6.45) is 28.0.